The van der Waals surface area contributed by atoms with E-state index in [1.807, 2.05) is 19.1 Å². The Morgan fingerprint density at radius 1 is 1.14 bits per heavy atom. The molecule has 0 saturated carbocycles. The number of nitrogens with zero attached hydrogens (tertiary/aromatic N) is 1. The van der Waals surface area contributed by atoms with Crippen molar-refractivity contribution in [3.05, 3.63) is 64.7 Å². The minimum absolute atomic E-state index is 0.0155. The van der Waals surface area contributed by atoms with Gasteiger partial charge in [-0.2, -0.15) is 0 Å². The maximum absolute atomic E-state index is 12.4. The number of carbonyl (C=O) groups excluding carboxylic acids is 1. The highest BCUT2D eigenvalue weighted by Gasteiger charge is 2.25. The van der Waals surface area contributed by atoms with E-state index in [0.717, 1.165) is 25.2 Å². The third-order valence-electron chi connectivity index (χ3n) is 4.20. The van der Waals surface area contributed by atoms with Crippen molar-refractivity contribution in [2.45, 2.75) is 25.9 Å². The molecule has 2 aromatic rings. The van der Waals surface area contributed by atoms with Crippen LogP contribution in [0.4, 0.5) is 5.69 Å². The maximum atomic E-state index is 12.4. The summed E-state index contributed by atoms with van der Waals surface area (Å²) < 4.78 is 0. The van der Waals surface area contributed by atoms with E-state index in [-0.39, 0.29) is 11.9 Å². The lowest BCUT2D eigenvalue weighted by molar-refractivity contribution is -0.121. The normalized spacial score (nSPS) is 15.9. The lowest BCUT2D eigenvalue weighted by Gasteiger charge is -2.32. The summed E-state index contributed by atoms with van der Waals surface area (Å²) in [6.07, 6.45) is 0.995. The summed E-state index contributed by atoms with van der Waals surface area (Å²) in [5.74, 6) is 0.0155. The van der Waals surface area contributed by atoms with Crippen molar-refractivity contribution in [3.8, 4) is 0 Å². The number of amides is 1. The number of benzene rings is 2. The van der Waals surface area contributed by atoms with E-state index in [4.69, 9.17) is 11.6 Å². The lowest BCUT2D eigenvalue weighted by Crippen LogP contribution is -2.44. The molecule has 1 aliphatic rings. The number of anilines is 1. The van der Waals surface area contributed by atoms with Crippen LogP contribution >= 0.6 is 11.6 Å². The molecule has 1 amide bonds. The van der Waals surface area contributed by atoms with Crippen LogP contribution in [0.25, 0.3) is 0 Å². The fourth-order valence-corrected chi connectivity index (χ4v) is 2.92. The summed E-state index contributed by atoms with van der Waals surface area (Å²) in [5, 5.41) is 3.62. The van der Waals surface area contributed by atoms with E-state index < -0.39 is 0 Å². The summed E-state index contributed by atoms with van der Waals surface area (Å²) in [6.45, 7) is 3.69. The molecule has 22 heavy (non-hydrogen) atoms. The second kappa shape index (κ2) is 6.51. The van der Waals surface area contributed by atoms with Gasteiger partial charge in [0.25, 0.3) is 0 Å². The van der Waals surface area contributed by atoms with Crippen LogP contribution in [0.15, 0.2) is 48.5 Å². The Hall–Kier alpha value is -1.84. The molecule has 0 aliphatic carbocycles. The van der Waals surface area contributed by atoms with E-state index in [0.29, 0.717) is 5.02 Å². The summed E-state index contributed by atoms with van der Waals surface area (Å²) in [4.78, 5) is 14.6. The second-order valence-corrected chi connectivity index (χ2v) is 6.10. The van der Waals surface area contributed by atoms with E-state index in [1.165, 1.54) is 11.1 Å². The van der Waals surface area contributed by atoms with Crippen molar-refractivity contribution in [1.82, 2.24) is 4.90 Å². The third-order valence-corrected chi connectivity index (χ3v) is 4.45. The van der Waals surface area contributed by atoms with Crippen molar-refractivity contribution >= 4 is 23.2 Å². The predicted octanol–water partition coefficient (Wildman–Crippen LogP) is 3.73. The first-order valence-electron chi connectivity index (χ1n) is 7.51. The van der Waals surface area contributed by atoms with Gasteiger partial charge in [0.2, 0.25) is 5.91 Å². The van der Waals surface area contributed by atoms with E-state index in [9.17, 15) is 4.79 Å². The molecule has 1 atom stereocenters. The molecular weight excluding hydrogens is 296 g/mol. The quantitative estimate of drug-likeness (QED) is 0.936. The number of rotatable bonds is 3. The maximum Gasteiger partial charge on any atom is 0.241 e. The largest absolute Gasteiger partial charge is 0.325 e. The molecule has 3 rings (SSSR count). The molecule has 1 aliphatic heterocycles. The SMILES string of the molecule is C[C@H](C(=O)Nc1ccc(Cl)cc1)N1CCc2ccccc2C1. The molecule has 0 unspecified atom stereocenters. The van der Waals surface area contributed by atoms with Gasteiger partial charge < -0.3 is 5.32 Å². The van der Waals surface area contributed by atoms with Gasteiger partial charge in [-0.05, 0) is 48.7 Å². The Morgan fingerprint density at radius 3 is 2.55 bits per heavy atom. The number of carbonyl (C=O) groups is 1. The van der Waals surface area contributed by atoms with Crippen molar-refractivity contribution in [1.29, 1.82) is 0 Å². The second-order valence-electron chi connectivity index (χ2n) is 5.66. The summed E-state index contributed by atoms with van der Waals surface area (Å²) in [7, 11) is 0. The Labute approximate surface area is 135 Å². The predicted molar refractivity (Wildman–Crippen MR) is 90.1 cm³/mol. The summed E-state index contributed by atoms with van der Waals surface area (Å²) in [6, 6.07) is 15.5. The van der Waals surface area contributed by atoms with Gasteiger partial charge in [-0.3, -0.25) is 9.69 Å². The first-order valence-corrected chi connectivity index (χ1v) is 7.88. The zero-order valence-electron chi connectivity index (χ0n) is 12.6. The number of hydrogen-bond acceptors (Lipinski definition) is 2. The zero-order valence-corrected chi connectivity index (χ0v) is 13.3. The lowest BCUT2D eigenvalue weighted by atomic mass is 9.99. The fraction of sp³-hybridized carbons (Fsp3) is 0.278. The van der Waals surface area contributed by atoms with Gasteiger partial charge in [0, 0.05) is 23.8 Å². The van der Waals surface area contributed by atoms with Crippen molar-refractivity contribution in [2.75, 3.05) is 11.9 Å². The van der Waals surface area contributed by atoms with Gasteiger partial charge in [-0.15, -0.1) is 0 Å². The van der Waals surface area contributed by atoms with Gasteiger partial charge in [0.15, 0.2) is 0 Å². The van der Waals surface area contributed by atoms with Crippen LogP contribution in [0.2, 0.25) is 5.02 Å². The summed E-state index contributed by atoms with van der Waals surface area (Å²) in [5.41, 5.74) is 3.49. The van der Waals surface area contributed by atoms with Crippen LogP contribution < -0.4 is 5.32 Å². The van der Waals surface area contributed by atoms with Crippen LogP contribution in [0.5, 0.6) is 0 Å². The van der Waals surface area contributed by atoms with Crippen molar-refractivity contribution in [3.63, 3.8) is 0 Å². The van der Waals surface area contributed by atoms with Gasteiger partial charge >= 0.3 is 0 Å². The zero-order chi connectivity index (χ0) is 15.5. The van der Waals surface area contributed by atoms with Crippen LogP contribution in [0, 0.1) is 0 Å². The Bertz CT molecular complexity index is 669. The third kappa shape index (κ3) is 3.32. The highest BCUT2D eigenvalue weighted by Crippen LogP contribution is 2.21. The van der Waals surface area contributed by atoms with Crippen LogP contribution in [-0.4, -0.2) is 23.4 Å². The van der Waals surface area contributed by atoms with E-state index in [1.54, 1.807) is 12.1 Å². The molecule has 0 aromatic heterocycles. The summed E-state index contributed by atoms with van der Waals surface area (Å²) >= 11 is 5.86. The Morgan fingerprint density at radius 2 is 1.82 bits per heavy atom. The molecule has 0 saturated heterocycles. The molecule has 0 radical (unpaired) electrons. The molecule has 0 bridgehead atoms. The van der Waals surface area contributed by atoms with Crippen molar-refractivity contribution in [2.24, 2.45) is 0 Å². The molecule has 0 spiro atoms. The molecule has 1 heterocycles. The average Bonchev–Trinajstić information content (AvgIpc) is 2.55. The molecule has 4 heteroatoms. The number of fused-ring (bicyclic) bond motifs is 1. The topological polar surface area (TPSA) is 32.3 Å². The minimum atomic E-state index is -0.163. The number of nitrogens with one attached hydrogen (secondary N) is 1. The molecule has 3 nitrogen and oxygen atoms in total. The highest BCUT2D eigenvalue weighted by molar-refractivity contribution is 6.30. The van der Waals surface area contributed by atoms with Crippen LogP contribution in [0.1, 0.15) is 18.1 Å². The fourth-order valence-electron chi connectivity index (χ4n) is 2.79. The molecule has 1 N–H and O–H groups in total. The first-order chi connectivity index (χ1) is 10.6. The monoisotopic (exact) mass is 314 g/mol. The molecule has 0 fully saturated rings. The Balaban J connectivity index is 1.65. The van der Waals surface area contributed by atoms with Gasteiger partial charge in [-0.25, -0.2) is 0 Å². The number of halogens is 1. The van der Waals surface area contributed by atoms with Crippen molar-refractivity contribution < 1.29 is 4.79 Å². The minimum Gasteiger partial charge on any atom is -0.325 e. The van der Waals surface area contributed by atoms with Crippen LogP contribution in [-0.2, 0) is 17.8 Å². The van der Waals surface area contributed by atoms with Gasteiger partial charge in [0.1, 0.15) is 0 Å². The molecule has 114 valence electrons. The van der Waals surface area contributed by atoms with Gasteiger partial charge in [0.05, 0.1) is 6.04 Å². The van der Waals surface area contributed by atoms with E-state index in [2.05, 4.69) is 34.5 Å². The molecule has 2 aromatic carbocycles. The van der Waals surface area contributed by atoms with Crippen LogP contribution in [0.3, 0.4) is 0 Å². The molecular formula is C18H19ClN2O. The average molecular weight is 315 g/mol. The van der Waals surface area contributed by atoms with Gasteiger partial charge in [-0.1, -0.05) is 35.9 Å². The smallest absolute Gasteiger partial charge is 0.241 e. The highest BCUT2D eigenvalue weighted by atomic mass is 35.5. The first kappa shape index (κ1) is 15.1. The number of hydrogen-bond donors (Lipinski definition) is 1. The Kier molecular flexibility index (Phi) is 4.46. The van der Waals surface area contributed by atoms with E-state index >= 15 is 0 Å². The standard InChI is InChI=1S/C18H19ClN2O/c1-13(18(22)20-17-8-6-16(19)7-9-17)21-11-10-14-4-2-3-5-15(14)12-21/h2-9,13H,10-12H2,1H3,(H,20,22)/t13-/m1/s1.